The third-order valence-corrected chi connectivity index (χ3v) is 4.61. The van der Waals surface area contributed by atoms with E-state index in [9.17, 15) is 4.79 Å². The van der Waals surface area contributed by atoms with Crippen molar-refractivity contribution in [2.45, 2.75) is 38.1 Å². The van der Waals surface area contributed by atoms with Crippen molar-refractivity contribution in [1.29, 1.82) is 0 Å². The lowest BCUT2D eigenvalue weighted by atomic mass is 9.94. The molecule has 1 aromatic rings. The summed E-state index contributed by atoms with van der Waals surface area (Å²) >= 11 is 12.1. The first-order valence-corrected chi connectivity index (χ1v) is 8.01. The van der Waals surface area contributed by atoms with E-state index in [0.717, 1.165) is 12.8 Å². The summed E-state index contributed by atoms with van der Waals surface area (Å²) in [5.41, 5.74) is 0.541. The van der Waals surface area contributed by atoms with Crippen LogP contribution in [0.15, 0.2) is 30.9 Å². The first-order valence-electron chi connectivity index (χ1n) is 7.26. The van der Waals surface area contributed by atoms with Gasteiger partial charge in [0.25, 0.3) is 0 Å². The number of carbonyl (C=O) groups excluding carboxylic acids is 1. The maximum absolute atomic E-state index is 12.5. The lowest BCUT2D eigenvalue weighted by Gasteiger charge is -2.33. The molecule has 0 bridgehead atoms. The second-order valence-corrected chi connectivity index (χ2v) is 6.05. The SMILES string of the molecule is C=CCN(C(=O)Nc1cccc(Cl)c1Cl)C1CCCCC1. The van der Waals surface area contributed by atoms with Crippen molar-refractivity contribution in [3.8, 4) is 0 Å². The van der Waals surface area contributed by atoms with E-state index in [0.29, 0.717) is 22.3 Å². The summed E-state index contributed by atoms with van der Waals surface area (Å²) in [6.45, 7) is 4.28. The molecular weight excluding hydrogens is 307 g/mol. The predicted molar refractivity (Wildman–Crippen MR) is 89.3 cm³/mol. The highest BCUT2D eigenvalue weighted by Gasteiger charge is 2.25. The summed E-state index contributed by atoms with van der Waals surface area (Å²) < 4.78 is 0. The Labute approximate surface area is 135 Å². The molecule has 0 atom stereocenters. The van der Waals surface area contributed by atoms with Crippen molar-refractivity contribution in [3.05, 3.63) is 40.9 Å². The molecule has 1 N–H and O–H groups in total. The number of benzene rings is 1. The van der Waals surface area contributed by atoms with Crippen LogP contribution in [-0.2, 0) is 0 Å². The lowest BCUT2D eigenvalue weighted by molar-refractivity contribution is 0.176. The molecule has 114 valence electrons. The van der Waals surface area contributed by atoms with E-state index in [-0.39, 0.29) is 12.1 Å². The first kappa shape index (κ1) is 16.2. The van der Waals surface area contributed by atoms with Gasteiger partial charge in [-0.1, -0.05) is 54.6 Å². The summed E-state index contributed by atoms with van der Waals surface area (Å²) in [5.74, 6) is 0. The third kappa shape index (κ3) is 4.14. The Hall–Kier alpha value is -1.19. The molecule has 5 heteroatoms. The molecule has 0 spiro atoms. The van der Waals surface area contributed by atoms with E-state index >= 15 is 0 Å². The monoisotopic (exact) mass is 326 g/mol. The van der Waals surface area contributed by atoms with Crippen LogP contribution in [0.2, 0.25) is 10.0 Å². The van der Waals surface area contributed by atoms with Gasteiger partial charge in [-0.15, -0.1) is 6.58 Å². The predicted octanol–water partition coefficient (Wildman–Crippen LogP) is 5.35. The molecule has 0 aromatic heterocycles. The number of nitrogens with one attached hydrogen (secondary N) is 1. The number of rotatable bonds is 4. The molecule has 1 aliphatic rings. The molecule has 2 amide bonds. The number of nitrogens with zero attached hydrogens (tertiary/aromatic N) is 1. The second-order valence-electron chi connectivity index (χ2n) is 5.26. The fourth-order valence-corrected chi connectivity index (χ4v) is 3.06. The largest absolute Gasteiger partial charge is 0.322 e. The molecule has 0 aliphatic heterocycles. The highest BCUT2D eigenvalue weighted by atomic mass is 35.5. The lowest BCUT2D eigenvalue weighted by Crippen LogP contribution is -2.44. The van der Waals surface area contributed by atoms with E-state index < -0.39 is 0 Å². The smallest absolute Gasteiger partial charge is 0.318 e. The Morgan fingerprint density at radius 1 is 1.33 bits per heavy atom. The number of carbonyl (C=O) groups is 1. The van der Waals surface area contributed by atoms with Crippen LogP contribution >= 0.6 is 23.2 Å². The number of halogens is 2. The molecule has 1 saturated carbocycles. The van der Waals surface area contributed by atoms with Crippen LogP contribution < -0.4 is 5.32 Å². The van der Waals surface area contributed by atoms with Gasteiger partial charge in [-0.05, 0) is 25.0 Å². The highest BCUT2D eigenvalue weighted by molar-refractivity contribution is 6.43. The first-order chi connectivity index (χ1) is 10.1. The van der Waals surface area contributed by atoms with Gasteiger partial charge in [-0.2, -0.15) is 0 Å². The normalized spacial score (nSPS) is 15.5. The van der Waals surface area contributed by atoms with Gasteiger partial charge in [0.1, 0.15) is 0 Å². The zero-order chi connectivity index (χ0) is 15.2. The Balaban J connectivity index is 2.10. The summed E-state index contributed by atoms with van der Waals surface area (Å²) in [6, 6.07) is 5.34. The van der Waals surface area contributed by atoms with Crippen LogP contribution in [0.4, 0.5) is 10.5 Å². The Kier molecular flexibility index (Phi) is 5.95. The molecule has 0 heterocycles. The number of hydrogen-bond donors (Lipinski definition) is 1. The Bertz CT molecular complexity index is 513. The Morgan fingerprint density at radius 2 is 2.05 bits per heavy atom. The van der Waals surface area contributed by atoms with Crippen LogP contribution in [0.3, 0.4) is 0 Å². The average Bonchev–Trinajstić information content (AvgIpc) is 2.50. The van der Waals surface area contributed by atoms with Gasteiger partial charge < -0.3 is 10.2 Å². The van der Waals surface area contributed by atoms with Crippen molar-refractivity contribution in [1.82, 2.24) is 4.90 Å². The van der Waals surface area contributed by atoms with Crippen molar-refractivity contribution in [2.24, 2.45) is 0 Å². The summed E-state index contributed by atoms with van der Waals surface area (Å²) in [7, 11) is 0. The maximum Gasteiger partial charge on any atom is 0.322 e. The van der Waals surface area contributed by atoms with Crippen LogP contribution in [0.5, 0.6) is 0 Å². The summed E-state index contributed by atoms with van der Waals surface area (Å²) in [6.07, 6.45) is 7.44. The average molecular weight is 327 g/mol. The minimum atomic E-state index is -0.147. The molecule has 2 rings (SSSR count). The van der Waals surface area contributed by atoms with E-state index in [1.165, 1.54) is 19.3 Å². The van der Waals surface area contributed by atoms with Crippen LogP contribution in [0, 0.1) is 0 Å². The third-order valence-electron chi connectivity index (χ3n) is 3.80. The topological polar surface area (TPSA) is 32.3 Å². The fraction of sp³-hybridized carbons (Fsp3) is 0.438. The fourth-order valence-electron chi connectivity index (χ4n) is 2.72. The molecule has 1 aliphatic carbocycles. The van der Waals surface area contributed by atoms with Gasteiger partial charge in [0.05, 0.1) is 15.7 Å². The number of amides is 2. The minimum Gasteiger partial charge on any atom is -0.318 e. The van der Waals surface area contributed by atoms with E-state index in [4.69, 9.17) is 23.2 Å². The summed E-state index contributed by atoms with van der Waals surface area (Å²) in [5, 5.41) is 3.66. The van der Waals surface area contributed by atoms with Crippen LogP contribution in [0.1, 0.15) is 32.1 Å². The molecule has 0 saturated heterocycles. The second kappa shape index (κ2) is 7.71. The molecule has 0 unspecified atom stereocenters. The maximum atomic E-state index is 12.5. The van der Waals surface area contributed by atoms with Crippen LogP contribution in [0.25, 0.3) is 0 Å². The highest BCUT2D eigenvalue weighted by Crippen LogP contribution is 2.30. The van der Waals surface area contributed by atoms with Gasteiger partial charge in [0.2, 0.25) is 0 Å². The van der Waals surface area contributed by atoms with Gasteiger partial charge in [-0.3, -0.25) is 0 Å². The van der Waals surface area contributed by atoms with Crippen molar-refractivity contribution < 1.29 is 4.79 Å². The Morgan fingerprint density at radius 3 is 2.71 bits per heavy atom. The summed E-state index contributed by atoms with van der Waals surface area (Å²) in [4.78, 5) is 14.4. The zero-order valence-electron chi connectivity index (χ0n) is 11.9. The van der Waals surface area contributed by atoms with E-state index in [1.54, 1.807) is 24.3 Å². The molecule has 3 nitrogen and oxygen atoms in total. The van der Waals surface area contributed by atoms with Crippen molar-refractivity contribution in [3.63, 3.8) is 0 Å². The molecular formula is C16H20Cl2N2O. The van der Waals surface area contributed by atoms with Gasteiger partial charge in [-0.25, -0.2) is 4.79 Å². The standard InChI is InChI=1S/C16H20Cl2N2O/c1-2-11-20(12-7-4-3-5-8-12)16(21)19-14-10-6-9-13(17)15(14)18/h2,6,9-10,12H,1,3-5,7-8,11H2,(H,19,21). The van der Waals surface area contributed by atoms with Gasteiger partial charge in [0.15, 0.2) is 0 Å². The van der Waals surface area contributed by atoms with E-state index in [2.05, 4.69) is 11.9 Å². The van der Waals surface area contributed by atoms with Gasteiger partial charge >= 0.3 is 6.03 Å². The molecule has 21 heavy (non-hydrogen) atoms. The number of anilines is 1. The van der Waals surface area contributed by atoms with Crippen molar-refractivity contribution in [2.75, 3.05) is 11.9 Å². The minimum absolute atomic E-state index is 0.147. The zero-order valence-corrected chi connectivity index (χ0v) is 13.5. The molecule has 1 fully saturated rings. The van der Waals surface area contributed by atoms with Crippen LogP contribution in [-0.4, -0.2) is 23.5 Å². The van der Waals surface area contributed by atoms with Gasteiger partial charge in [0, 0.05) is 12.6 Å². The van der Waals surface area contributed by atoms with Crippen molar-refractivity contribution >= 4 is 34.9 Å². The number of urea groups is 1. The molecule has 0 radical (unpaired) electrons. The van der Waals surface area contributed by atoms with E-state index in [1.807, 2.05) is 4.90 Å². The quantitative estimate of drug-likeness (QED) is 0.743. The number of hydrogen-bond acceptors (Lipinski definition) is 1. The molecule has 1 aromatic carbocycles.